The topological polar surface area (TPSA) is 80.7 Å². The molecule has 0 atom stereocenters. The molecular formula is C13H17N5O2S3. The molecule has 0 amide bonds. The van der Waals surface area contributed by atoms with Crippen LogP contribution in [0.3, 0.4) is 0 Å². The van der Waals surface area contributed by atoms with Crippen LogP contribution in [0.2, 0.25) is 0 Å². The summed E-state index contributed by atoms with van der Waals surface area (Å²) in [5.74, 6) is 0.785. The third-order valence-corrected chi connectivity index (χ3v) is 4.79. The number of aromatic nitrogens is 2. The van der Waals surface area contributed by atoms with Crippen molar-refractivity contribution in [1.29, 1.82) is 0 Å². The molecule has 3 rings (SSSR count). The molecule has 0 fully saturated rings. The van der Waals surface area contributed by atoms with Crippen molar-refractivity contribution in [3.63, 3.8) is 0 Å². The summed E-state index contributed by atoms with van der Waals surface area (Å²) in [6, 6.07) is 0. The zero-order valence-corrected chi connectivity index (χ0v) is 15.0. The lowest BCUT2D eigenvalue weighted by Gasteiger charge is -2.13. The van der Waals surface area contributed by atoms with Gasteiger partial charge in [-0.1, -0.05) is 11.3 Å². The van der Waals surface area contributed by atoms with Gasteiger partial charge in [0.05, 0.1) is 6.61 Å². The van der Waals surface area contributed by atoms with Gasteiger partial charge in [-0.2, -0.15) is 0 Å². The number of anilines is 1. The van der Waals surface area contributed by atoms with Gasteiger partial charge in [-0.15, -0.1) is 11.3 Å². The first-order valence-electron chi connectivity index (χ1n) is 7.10. The van der Waals surface area contributed by atoms with Crippen LogP contribution in [0.15, 0.2) is 15.8 Å². The minimum absolute atomic E-state index is 0.489. The number of nitrogens with one attached hydrogen (secondary N) is 2. The Morgan fingerprint density at radius 3 is 2.96 bits per heavy atom. The van der Waals surface area contributed by atoms with Gasteiger partial charge >= 0.3 is 0 Å². The summed E-state index contributed by atoms with van der Waals surface area (Å²) < 4.78 is 10.7. The first-order chi connectivity index (χ1) is 11.3. The molecule has 0 aromatic carbocycles. The van der Waals surface area contributed by atoms with Crippen molar-refractivity contribution in [2.24, 2.45) is 4.99 Å². The van der Waals surface area contributed by atoms with Crippen LogP contribution in [0.25, 0.3) is 11.4 Å². The van der Waals surface area contributed by atoms with Crippen molar-refractivity contribution in [2.45, 2.75) is 6.42 Å². The van der Waals surface area contributed by atoms with Crippen molar-refractivity contribution in [2.75, 3.05) is 37.9 Å². The van der Waals surface area contributed by atoms with Gasteiger partial charge < -0.3 is 19.6 Å². The van der Waals surface area contributed by atoms with Crippen LogP contribution in [0.5, 0.6) is 5.19 Å². The number of nitrogens with zero attached hydrogens (tertiary/aromatic N) is 3. The second kappa shape index (κ2) is 8.48. The number of thiazole rings is 2. The van der Waals surface area contributed by atoms with Gasteiger partial charge in [0.15, 0.2) is 11.1 Å². The number of aliphatic imine (C=N–C) groups is 1. The molecule has 0 saturated heterocycles. The first kappa shape index (κ1) is 16.5. The van der Waals surface area contributed by atoms with Crippen LogP contribution in [0.4, 0.5) is 5.13 Å². The van der Waals surface area contributed by atoms with Crippen molar-refractivity contribution in [1.82, 2.24) is 15.3 Å². The van der Waals surface area contributed by atoms with Crippen LogP contribution in [0, 0.1) is 0 Å². The fourth-order valence-corrected chi connectivity index (χ4v) is 3.48. The Morgan fingerprint density at radius 1 is 1.26 bits per heavy atom. The van der Waals surface area contributed by atoms with Gasteiger partial charge in [-0.25, -0.2) is 9.97 Å². The number of hydrogen-bond acceptors (Lipinski definition) is 10. The normalized spacial score (nSPS) is 14.2. The lowest BCUT2D eigenvalue weighted by molar-refractivity contribution is 0.239. The summed E-state index contributed by atoms with van der Waals surface area (Å²) in [5.41, 5.74) is 1.65. The maximum Gasteiger partial charge on any atom is 0.273 e. The summed E-state index contributed by atoms with van der Waals surface area (Å²) in [6.07, 6.45) is 2.95. The quantitative estimate of drug-likeness (QED) is 0.572. The first-order valence-corrected chi connectivity index (χ1v) is 10.0. The molecule has 124 valence electrons. The van der Waals surface area contributed by atoms with E-state index in [2.05, 4.69) is 25.6 Å². The van der Waals surface area contributed by atoms with E-state index in [0.29, 0.717) is 18.4 Å². The molecule has 2 N–H and O–H groups in total. The molecule has 0 spiro atoms. The Bertz CT molecular complexity index is 658. The van der Waals surface area contributed by atoms with E-state index < -0.39 is 0 Å². The maximum atomic E-state index is 5.54. The van der Waals surface area contributed by atoms with Crippen molar-refractivity contribution in [3.8, 4) is 16.6 Å². The summed E-state index contributed by atoms with van der Waals surface area (Å²) in [7, 11) is 0. The molecule has 3 heterocycles. The summed E-state index contributed by atoms with van der Waals surface area (Å²) in [6.45, 7) is 2.82. The molecule has 2 aromatic rings. The van der Waals surface area contributed by atoms with Crippen molar-refractivity contribution < 1.29 is 8.92 Å². The average molecular weight is 372 g/mol. The van der Waals surface area contributed by atoms with Gasteiger partial charge in [0.2, 0.25) is 0 Å². The van der Waals surface area contributed by atoms with Gasteiger partial charge in [-0.05, 0) is 18.5 Å². The van der Waals surface area contributed by atoms with Gasteiger partial charge in [0.1, 0.15) is 18.0 Å². The van der Waals surface area contributed by atoms with Crippen LogP contribution in [-0.4, -0.2) is 48.5 Å². The highest BCUT2D eigenvalue weighted by Gasteiger charge is 2.11. The summed E-state index contributed by atoms with van der Waals surface area (Å²) >= 11 is 4.32. The zero-order valence-electron chi connectivity index (χ0n) is 12.6. The Labute approximate surface area is 146 Å². The van der Waals surface area contributed by atoms with Crippen LogP contribution in [-0.2, 0) is 4.18 Å². The molecule has 7 nitrogen and oxygen atoms in total. The molecule has 0 radical (unpaired) electrons. The standard InChI is InChI=1S/C13H17N5O2S3/c1-21-20-6-5-19-13-17-10(8-23-13)9-7-22-12(16-9)18-11-14-3-2-4-15-11/h7-8H,2-6H2,1H3,(H2,14,15,16,18). The molecule has 0 saturated carbocycles. The molecule has 10 heteroatoms. The van der Waals surface area contributed by atoms with E-state index in [1.165, 1.54) is 34.7 Å². The highest BCUT2D eigenvalue weighted by molar-refractivity contribution is 7.93. The minimum Gasteiger partial charge on any atom is -0.468 e. The number of hydrogen-bond donors (Lipinski definition) is 2. The molecule has 1 aliphatic heterocycles. The Morgan fingerprint density at radius 2 is 2.13 bits per heavy atom. The number of guanidine groups is 1. The number of ether oxygens (including phenoxy) is 1. The maximum absolute atomic E-state index is 5.54. The monoisotopic (exact) mass is 371 g/mol. The Kier molecular flexibility index (Phi) is 6.08. The molecule has 23 heavy (non-hydrogen) atoms. The van der Waals surface area contributed by atoms with E-state index in [-0.39, 0.29) is 0 Å². The van der Waals surface area contributed by atoms with Crippen LogP contribution >= 0.6 is 34.7 Å². The molecule has 0 unspecified atom stereocenters. The second-order valence-corrected chi connectivity index (χ2v) is 6.76. The van der Waals surface area contributed by atoms with Crippen molar-refractivity contribution in [3.05, 3.63) is 10.8 Å². The van der Waals surface area contributed by atoms with E-state index in [1.54, 1.807) is 0 Å². The molecule has 0 aliphatic carbocycles. The predicted molar refractivity (Wildman–Crippen MR) is 96.7 cm³/mol. The molecule has 1 aliphatic rings. The Hall–Kier alpha value is -1.36. The SMILES string of the molecule is CSOCCOc1nc(-c2csc(NC3=NCCCN3)n2)cs1. The van der Waals surface area contributed by atoms with E-state index >= 15 is 0 Å². The predicted octanol–water partition coefficient (Wildman–Crippen LogP) is 2.70. The van der Waals surface area contributed by atoms with Gasteiger partial charge in [0, 0.05) is 30.1 Å². The summed E-state index contributed by atoms with van der Waals surface area (Å²) in [4.78, 5) is 13.4. The van der Waals surface area contributed by atoms with Gasteiger partial charge in [-0.3, -0.25) is 4.99 Å². The third-order valence-electron chi connectivity index (χ3n) is 2.88. The third kappa shape index (κ3) is 4.80. The lowest BCUT2D eigenvalue weighted by Crippen LogP contribution is -2.35. The fourth-order valence-electron chi connectivity index (χ4n) is 1.85. The van der Waals surface area contributed by atoms with E-state index in [9.17, 15) is 0 Å². The van der Waals surface area contributed by atoms with Crippen LogP contribution < -0.4 is 15.4 Å². The molecule has 2 aromatic heterocycles. The average Bonchev–Trinajstić information content (AvgIpc) is 3.22. The van der Waals surface area contributed by atoms with E-state index in [1.807, 2.05) is 17.0 Å². The lowest BCUT2D eigenvalue weighted by atomic mass is 10.4. The molecular weight excluding hydrogens is 354 g/mol. The summed E-state index contributed by atoms with van der Waals surface area (Å²) in [5, 5.41) is 11.8. The highest BCUT2D eigenvalue weighted by Crippen LogP contribution is 2.29. The van der Waals surface area contributed by atoms with Crippen molar-refractivity contribution >= 4 is 45.8 Å². The zero-order chi connectivity index (χ0) is 15.9. The minimum atomic E-state index is 0.489. The van der Waals surface area contributed by atoms with E-state index in [4.69, 9.17) is 8.92 Å². The van der Waals surface area contributed by atoms with Crippen LogP contribution in [0.1, 0.15) is 6.42 Å². The smallest absolute Gasteiger partial charge is 0.273 e. The highest BCUT2D eigenvalue weighted by atomic mass is 32.2. The van der Waals surface area contributed by atoms with E-state index in [0.717, 1.165) is 42.0 Å². The molecule has 0 bridgehead atoms. The Balaban J connectivity index is 1.57. The largest absolute Gasteiger partial charge is 0.468 e. The number of rotatable bonds is 7. The van der Waals surface area contributed by atoms with Gasteiger partial charge in [0.25, 0.3) is 5.19 Å². The second-order valence-electron chi connectivity index (χ2n) is 4.51. The fraction of sp³-hybridized carbons (Fsp3) is 0.462.